The van der Waals surface area contributed by atoms with Crippen LogP contribution in [0, 0.1) is 0 Å². The van der Waals surface area contributed by atoms with Gasteiger partial charge in [-0.1, -0.05) is 0 Å². The molecular formula is C14H8N2O4. The zero-order valence-electron chi connectivity index (χ0n) is 10.1. The van der Waals surface area contributed by atoms with Crippen molar-refractivity contribution in [3.05, 3.63) is 47.5 Å². The van der Waals surface area contributed by atoms with Crippen LogP contribution in [-0.4, -0.2) is 32.1 Å². The van der Waals surface area contributed by atoms with Crippen LogP contribution in [0.2, 0.25) is 0 Å². The van der Waals surface area contributed by atoms with E-state index < -0.39 is 11.9 Å². The second-order valence-corrected chi connectivity index (χ2v) is 4.24. The summed E-state index contributed by atoms with van der Waals surface area (Å²) < 4.78 is 0. The Morgan fingerprint density at radius 1 is 0.700 bits per heavy atom. The van der Waals surface area contributed by atoms with Gasteiger partial charge in [0, 0.05) is 0 Å². The average molecular weight is 268 g/mol. The summed E-state index contributed by atoms with van der Waals surface area (Å²) in [7, 11) is 0. The standard InChI is InChI=1S/C14H8N2O4/c17-13(18)7-1-3-9-11(5-7)16-12-6-8(14(19)20)2-4-10(12)15-9/h1-6H,(H,17,18)(H,19,20). The molecule has 0 aliphatic heterocycles. The summed E-state index contributed by atoms with van der Waals surface area (Å²) in [4.78, 5) is 30.5. The minimum atomic E-state index is -1.05. The number of aromatic carboxylic acids is 2. The van der Waals surface area contributed by atoms with Crippen molar-refractivity contribution >= 4 is 34.0 Å². The molecule has 6 heteroatoms. The number of hydrogen-bond acceptors (Lipinski definition) is 4. The van der Waals surface area contributed by atoms with Crippen molar-refractivity contribution < 1.29 is 19.8 Å². The first-order valence-electron chi connectivity index (χ1n) is 5.73. The summed E-state index contributed by atoms with van der Waals surface area (Å²) in [6, 6.07) is 8.90. The van der Waals surface area contributed by atoms with Gasteiger partial charge in [-0.3, -0.25) is 0 Å². The topological polar surface area (TPSA) is 100 Å². The Hall–Kier alpha value is -3.02. The number of aromatic nitrogens is 2. The zero-order valence-corrected chi connectivity index (χ0v) is 10.1. The first kappa shape index (κ1) is 12.0. The van der Waals surface area contributed by atoms with E-state index in [1.54, 1.807) is 12.1 Å². The molecule has 0 aliphatic rings. The van der Waals surface area contributed by atoms with Crippen molar-refractivity contribution in [1.29, 1.82) is 0 Å². The van der Waals surface area contributed by atoms with Gasteiger partial charge in [0.2, 0.25) is 0 Å². The summed E-state index contributed by atoms with van der Waals surface area (Å²) in [5.41, 5.74) is 2.18. The van der Waals surface area contributed by atoms with Gasteiger partial charge in [-0.05, 0) is 36.4 Å². The lowest BCUT2D eigenvalue weighted by molar-refractivity contribution is 0.0686. The molecule has 0 saturated heterocycles. The van der Waals surface area contributed by atoms with E-state index in [9.17, 15) is 9.59 Å². The number of carbonyl (C=O) groups is 2. The smallest absolute Gasteiger partial charge is 0.335 e. The molecule has 2 N–H and O–H groups in total. The molecule has 3 rings (SSSR count). The fraction of sp³-hybridized carbons (Fsp3) is 0. The quantitative estimate of drug-likeness (QED) is 0.691. The van der Waals surface area contributed by atoms with Crippen molar-refractivity contribution in [1.82, 2.24) is 9.97 Å². The number of benzene rings is 2. The minimum absolute atomic E-state index is 0.112. The monoisotopic (exact) mass is 268 g/mol. The molecule has 3 aromatic rings. The Bertz CT molecular complexity index is 805. The Labute approximate surface area is 112 Å². The summed E-state index contributed by atoms with van der Waals surface area (Å²) >= 11 is 0. The third kappa shape index (κ3) is 1.93. The molecular weight excluding hydrogens is 260 g/mol. The van der Waals surface area contributed by atoms with E-state index in [4.69, 9.17) is 10.2 Å². The lowest BCUT2D eigenvalue weighted by Crippen LogP contribution is -1.99. The van der Waals surface area contributed by atoms with Gasteiger partial charge in [0.25, 0.3) is 0 Å². The molecule has 0 unspecified atom stereocenters. The lowest BCUT2D eigenvalue weighted by Gasteiger charge is -2.03. The van der Waals surface area contributed by atoms with E-state index in [0.29, 0.717) is 22.1 Å². The summed E-state index contributed by atoms with van der Waals surface area (Å²) in [5, 5.41) is 17.9. The molecule has 6 nitrogen and oxygen atoms in total. The highest BCUT2D eigenvalue weighted by molar-refractivity contribution is 5.96. The second kappa shape index (κ2) is 4.27. The lowest BCUT2D eigenvalue weighted by atomic mass is 10.1. The third-order valence-corrected chi connectivity index (χ3v) is 2.93. The zero-order chi connectivity index (χ0) is 14.3. The van der Waals surface area contributed by atoms with E-state index >= 15 is 0 Å². The maximum absolute atomic E-state index is 10.9. The predicted molar refractivity (Wildman–Crippen MR) is 71.0 cm³/mol. The Morgan fingerprint density at radius 2 is 1.10 bits per heavy atom. The van der Waals surface area contributed by atoms with Crippen LogP contribution >= 0.6 is 0 Å². The third-order valence-electron chi connectivity index (χ3n) is 2.93. The fourth-order valence-electron chi connectivity index (χ4n) is 1.94. The van der Waals surface area contributed by atoms with Crippen LogP contribution < -0.4 is 0 Å². The van der Waals surface area contributed by atoms with Gasteiger partial charge in [-0.2, -0.15) is 0 Å². The van der Waals surface area contributed by atoms with E-state index in [1.165, 1.54) is 24.3 Å². The minimum Gasteiger partial charge on any atom is -0.478 e. The largest absolute Gasteiger partial charge is 0.478 e. The van der Waals surface area contributed by atoms with Crippen molar-refractivity contribution in [3.8, 4) is 0 Å². The molecule has 0 spiro atoms. The summed E-state index contributed by atoms with van der Waals surface area (Å²) in [6.07, 6.45) is 0. The van der Waals surface area contributed by atoms with Crippen LogP contribution in [0.15, 0.2) is 36.4 Å². The molecule has 0 atom stereocenters. The first-order chi connectivity index (χ1) is 9.54. The van der Waals surface area contributed by atoms with E-state index in [1.807, 2.05) is 0 Å². The van der Waals surface area contributed by atoms with Gasteiger partial charge >= 0.3 is 11.9 Å². The van der Waals surface area contributed by atoms with Gasteiger partial charge in [0.1, 0.15) is 0 Å². The van der Waals surface area contributed by atoms with Crippen molar-refractivity contribution in [3.63, 3.8) is 0 Å². The molecule has 0 radical (unpaired) electrons. The van der Waals surface area contributed by atoms with Crippen molar-refractivity contribution in [2.45, 2.75) is 0 Å². The second-order valence-electron chi connectivity index (χ2n) is 4.24. The normalized spacial score (nSPS) is 10.8. The number of rotatable bonds is 2. The first-order valence-corrected chi connectivity index (χ1v) is 5.73. The Balaban J connectivity index is 2.29. The molecule has 20 heavy (non-hydrogen) atoms. The molecule has 0 bridgehead atoms. The summed E-state index contributed by atoms with van der Waals surface area (Å²) in [6.45, 7) is 0. The summed E-state index contributed by atoms with van der Waals surface area (Å²) in [5.74, 6) is -2.10. The number of hydrogen-bond donors (Lipinski definition) is 2. The van der Waals surface area contributed by atoms with Crippen LogP contribution in [-0.2, 0) is 0 Å². The Kier molecular flexibility index (Phi) is 2.57. The molecule has 0 amide bonds. The molecule has 1 aromatic heterocycles. The van der Waals surface area contributed by atoms with E-state index in [2.05, 4.69) is 9.97 Å². The molecule has 1 heterocycles. The molecule has 98 valence electrons. The van der Waals surface area contributed by atoms with Crippen LogP contribution in [0.3, 0.4) is 0 Å². The van der Waals surface area contributed by atoms with Crippen molar-refractivity contribution in [2.75, 3.05) is 0 Å². The SMILES string of the molecule is O=C(O)c1ccc2nc3ccc(C(=O)O)cc3nc2c1. The number of fused-ring (bicyclic) bond motifs is 2. The van der Waals surface area contributed by atoms with Gasteiger partial charge < -0.3 is 10.2 Å². The number of carboxylic acid groups (broad SMARTS) is 2. The number of carboxylic acids is 2. The van der Waals surface area contributed by atoms with Crippen LogP contribution in [0.25, 0.3) is 22.1 Å². The van der Waals surface area contributed by atoms with E-state index in [-0.39, 0.29) is 11.1 Å². The van der Waals surface area contributed by atoms with Gasteiger partial charge in [0.15, 0.2) is 0 Å². The molecule has 0 saturated carbocycles. The van der Waals surface area contributed by atoms with Crippen LogP contribution in [0.1, 0.15) is 20.7 Å². The maximum Gasteiger partial charge on any atom is 0.335 e. The number of nitrogens with zero attached hydrogens (tertiary/aromatic N) is 2. The highest BCUT2D eigenvalue weighted by Gasteiger charge is 2.09. The molecule has 0 fully saturated rings. The van der Waals surface area contributed by atoms with Gasteiger partial charge in [-0.25, -0.2) is 19.6 Å². The van der Waals surface area contributed by atoms with Crippen molar-refractivity contribution in [2.24, 2.45) is 0 Å². The average Bonchev–Trinajstić information content (AvgIpc) is 2.43. The maximum atomic E-state index is 10.9. The van der Waals surface area contributed by atoms with Crippen LogP contribution in [0.5, 0.6) is 0 Å². The molecule has 0 aliphatic carbocycles. The van der Waals surface area contributed by atoms with Gasteiger partial charge in [0.05, 0.1) is 33.2 Å². The highest BCUT2D eigenvalue weighted by atomic mass is 16.4. The fourth-order valence-corrected chi connectivity index (χ4v) is 1.94. The predicted octanol–water partition coefficient (Wildman–Crippen LogP) is 2.18. The van der Waals surface area contributed by atoms with Crippen LogP contribution in [0.4, 0.5) is 0 Å². The molecule has 2 aromatic carbocycles. The van der Waals surface area contributed by atoms with Gasteiger partial charge in [-0.15, -0.1) is 0 Å². The Morgan fingerprint density at radius 3 is 1.50 bits per heavy atom. The van der Waals surface area contributed by atoms with E-state index in [0.717, 1.165) is 0 Å². The highest BCUT2D eigenvalue weighted by Crippen LogP contribution is 2.18.